The fraction of sp³-hybridized carbons (Fsp3) is 0.519. The first-order chi connectivity index (χ1) is 17.6. The molecule has 2 aliphatic heterocycles. The number of aliphatic hydroxyl groups excluding tert-OH is 2. The van der Waals surface area contributed by atoms with Gasteiger partial charge in [-0.3, -0.25) is 0 Å². The van der Waals surface area contributed by atoms with Crippen LogP contribution in [0.5, 0.6) is 0 Å². The van der Waals surface area contributed by atoms with Crippen molar-refractivity contribution in [2.75, 3.05) is 32.8 Å². The molecule has 0 bridgehead atoms. The standard InChI is InChI=1S/C27H36FN3O5S/c1-27(2)25(21-9-7-19(8-10-21)20-11-14-31(15-12-20)16-18-33)37(34,35)30-26(36-27)29-24(13-17-32)22-5-3-4-6-23(22)28/h3-10,20,24-25,32-33H,11-18H2,1-2H3,(H,29,30)/t24-,25?/m0/s1. The van der Waals surface area contributed by atoms with E-state index < -0.39 is 32.7 Å². The number of likely N-dealkylation sites (tertiary alicyclic amines) is 1. The Bertz CT molecular complexity index is 1190. The van der Waals surface area contributed by atoms with Gasteiger partial charge < -0.3 is 19.8 Å². The highest BCUT2D eigenvalue weighted by Gasteiger charge is 2.48. The monoisotopic (exact) mass is 533 g/mol. The third kappa shape index (κ3) is 6.31. The number of nitrogens with one attached hydrogen (secondary N) is 1. The Morgan fingerprint density at radius 3 is 2.32 bits per heavy atom. The molecule has 2 fully saturated rings. The molecule has 0 amide bonds. The van der Waals surface area contributed by atoms with E-state index in [2.05, 4.69) is 14.6 Å². The van der Waals surface area contributed by atoms with Crippen LogP contribution in [0.3, 0.4) is 0 Å². The van der Waals surface area contributed by atoms with E-state index in [-0.39, 0.29) is 31.2 Å². The molecule has 0 spiro atoms. The number of amidine groups is 1. The molecule has 2 aliphatic rings. The van der Waals surface area contributed by atoms with Crippen molar-refractivity contribution < 1.29 is 27.8 Å². The molecule has 2 heterocycles. The van der Waals surface area contributed by atoms with E-state index in [0.29, 0.717) is 18.0 Å². The van der Waals surface area contributed by atoms with Crippen LogP contribution < -0.4 is 4.72 Å². The van der Waals surface area contributed by atoms with Gasteiger partial charge in [0.15, 0.2) is 0 Å². The fourth-order valence-corrected chi connectivity index (χ4v) is 7.15. The van der Waals surface area contributed by atoms with Gasteiger partial charge in [-0.05, 0) is 69.3 Å². The maximum Gasteiger partial charge on any atom is 0.299 e. The van der Waals surface area contributed by atoms with Crippen LogP contribution in [0, 0.1) is 5.82 Å². The van der Waals surface area contributed by atoms with Gasteiger partial charge in [0.05, 0.1) is 12.6 Å². The van der Waals surface area contributed by atoms with Crippen molar-refractivity contribution in [1.29, 1.82) is 0 Å². The maximum atomic E-state index is 14.4. The molecule has 0 radical (unpaired) electrons. The zero-order chi connectivity index (χ0) is 26.6. The number of benzene rings is 2. The van der Waals surface area contributed by atoms with Crippen LogP contribution >= 0.6 is 0 Å². The molecule has 2 saturated heterocycles. The number of hydrogen-bond donors (Lipinski definition) is 3. The quantitative estimate of drug-likeness (QED) is 0.481. The van der Waals surface area contributed by atoms with Crippen molar-refractivity contribution in [2.45, 2.75) is 55.9 Å². The van der Waals surface area contributed by atoms with Gasteiger partial charge >= 0.3 is 0 Å². The zero-order valence-electron chi connectivity index (χ0n) is 21.3. The first-order valence-corrected chi connectivity index (χ1v) is 14.3. The fourth-order valence-electron chi connectivity index (χ4n) is 5.38. The lowest BCUT2D eigenvalue weighted by Crippen LogP contribution is -2.53. The molecule has 0 saturated carbocycles. The number of β-amino-alcohol motifs (C(OH)–C–C–N with tert-alkyl or cyclic N) is 1. The van der Waals surface area contributed by atoms with Crippen molar-refractivity contribution >= 4 is 16.0 Å². The number of aliphatic hydroxyl groups is 2. The smallest absolute Gasteiger partial charge is 0.299 e. The van der Waals surface area contributed by atoms with Crippen LogP contribution in [0.4, 0.5) is 4.39 Å². The second-order valence-electron chi connectivity index (χ2n) is 10.2. The highest BCUT2D eigenvalue weighted by molar-refractivity contribution is 7.90. The Morgan fingerprint density at radius 1 is 1.08 bits per heavy atom. The molecule has 37 heavy (non-hydrogen) atoms. The zero-order valence-corrected chi connectivity index (χ0v) is 22.1. The topological polar surface area (TPSA) is 111 Å². The van der Waals surface area contributed by atoms with E-state index in [9.17, 15) is 17.9 Å². The average molecular weight is 534 g/mol. The van der Waals surface area contributed by atoms with Crippen molar-refractivity contribution in [3.05, 3.63) is 71.0 Å². The van der Waals surface area contributed by atoms with Gasteiger partial charge in [-0.25, -0.2) is 22.5 Å². The minimum absolute atomic E-state index is 0.111. The molecule has 202 valence electrons. The van der Waals surface area contributed by atoms with Gasteiger partial charge in [0.2, 0.25) is 10.0 Å². The predicted molar refractivity (Wildman–Crippen MR) is 140 cm³/mol. The molecule has 0 aliphatic carbocycles. The maximum absolute atomic E-state index is 14.4. The summed E-state index contributed by atoms with van der Waals surface area (Å²) in [6, 6.07) is 12.7. The molecule has 8 nitrogen and oxygen atoms in total. The van der Waals surface area contributed by atoms with Gasteiger partial charge in [-0.2, -0.15) is 0 Å². The number of halogens is 1. The van der Waals surface area contributed by atoms with E-state index in [1.165, 1.54) is 11.6 Å². The van der Waals surface area contributed by atoms with Crippen LogP contribution in [0.2, 0.25) is 0 Å². The molecule has 10 heteroatoms. The van der Waals surface area contributed by atoms with Gasteiger partial charge in [-0.15, -0.1) is 0 Å². The summed E-state index contributed by atoms with van der Waals surface area (Å²) in [4.78, 5) is 6.61. The van der Waals surface area contributed by atoms with Crippen LogP contribution in [0.1, 0.15) is 67.0 Å². The highest BCUT2D eigenvalue weighted by atomic mass is 32.2. The summed E-state index contributed by atoms with van der Waals surface area (Å²) in [5.41, 5.74) is 0.883. The Balaban J connectivity index is 1.53. The second kappa shape index (κ2) is 11.5. The summed E-state index contributed by atoms with van der Waals surface area (Å²) >= 11 is 0. The van der Waals surface area contributed by atoms with E-state index >= 15 is 0 Å². The van der Waals surface area contributed by atoms with E-state index in [0.717, 1.165) is 25.9 Å². The summed E-state index contributed by atoms with van der Waals surface area (Å²) in [7, 11) is -3.93. The van der Waals surface area contributed by atoms with Crippen LogP contribution in [-0.2, 0) is 14.8 Å². The van der Waals surface area contributed by atoms with Crippen LogP contribution in [0.15, 0.2) is 53.5 Å². The van der Waals surface area contributed by atoms with Gasteiger partial charge in [0.25, 0.3) is 6.02 Å². The second-order valence-corrected chi connectivity index (χ2v) is 12.0. The summed E-state index contributed by atoms with van der Waals surface area (Å²) < 4.78 is 49.7. The van der Waals surface area contributed by atoms with Crippen molar-refractivity contribution in [3.63, 3.8) is 0 Å². The van der Waals surface area contributed by atoms with Gasteiger partial charge in [0, 0.05) is 18.7 Å². The summed E-state index contributed by atoms with van der Waals surface area (Å²) in [5, 5.41) is 17.7. The molecular formula is C27H36FN3O5S. The molecule has 0 aromatic heterocycles. The van der Waals surface area contributed by atoms with Crippen molar-refractivity contribution in [2.24, 2.45) is 4.99 Å². The van der Waals surface area contributed by atoms with Crippen molar-refractivity contribution in [3.8, 4) is 0 Å². The number of ether oxygens (including phenoxy) is 1. The third-order valence-electron chi connectivity index (χ3n) is 7.19. The molecule has 2 atom stereocenters. The molecule has 2 aromatic carbocycles. The lowest BCUT2D eigenvalue weighted by atomic mass is 9.88. The predicted octanol–water partition coefficient (Wildman–Crippen LogP) is 3.25. The Labute approximate surface area is 218 Å². The highest BCUT2D eigenvalue weighted by Crippen LogP contribution is 2.40. The Kier molecular flexibility index (Phi) is 8.52. The van der Waals surface area contributed by atoms with Crippen LogP contribution in [-0.4, -0.2) is 68.0 Å². The van der Waals surface area contributed by atoms with E-state index in [1.807, 2.05) is 24.3 Å². The van der Waals surface area contributed by atoms with Gasteiger partial charge in [-0.1, -0.05) is 42.5 Å². The van der Waals surface area contributed by atoms with Gasteiger partial charge in [0.1, 0.15) is 16.7 Å². The SMILES string of the molecule is CC1(C)OC(=N[C@@H](CCO)c2ccccc2F)NS(=O)(=O)C1c1ccc(C2CCN(CCO)CC2)cc1. The lowest BCUT2D eigenvalue weighted by Gasteiger charge is -2.39. The number of hydrogen-bond acceptors (Lipinski definition) is 7. The molecular weight excluding hydrogens is 497 g/mol. The Morgan fingerprint density at radius 2 is 1.73 bits per heavy atom. The number of aliphatic imine (C=N–C) groups is 1. The number of piperidine rings is 1. The largest absolute Gasteiger partial charge is 0.457 e. The molecule has 3 N–H and O–H groups in total. The minimum atomic E-state index is -3.93. The lowest BCUT2D eigenvalue weighted by molar-refractivity contribution is 0.0758. The van der Waals surface area contributed by atoms with E-state index in [1.54, 1.807) is 32.0 Å². The minimum Gasteiger partial charge on any atom is -0.457 e. The number of nitrogens with zero attached hydrogens (tertiary/aromatic N) is 2. The third-order valence-corrected chi connectivity index (χ3v) is 9.10. The average Bonchev–Trinajstić information content (AvgIpc) is 2.84. The van der Waals surface area contributed by atoms with E-state index in [4.69, 9.17) is 9.84 Å². The summed E-state index contributed by atoms with van der Waals surface area (Å²) in [6.07, 6.45) is 2.10. The molecule has 4 rings (SSSR count). The summed E-state index contributed by atoms with van der Waals surface area (Å²) in [6.45, 7) is 5.86. The molecule has 2 aromatic rings. The summed E-state index contributed by atoms with van der Waals surface area (Å²) in [5.74, 6) is -0.0878. The first-order valence-electron chi connectivity index (χ1n) is 12.7. The van der Waals surface area contributed by atoms with Crippen molar-refractivity contribution in [1.82, 2.24) is 9.62 Å². The molecule has 1 unspecified atom stereocenters. The normalized spacial score (nSPS) is 23.8. The first kappa shape index (κ1) is 27.5. The number of rotatable bonds is 8. The number of sulfonamides is 1. The Hall–Kier alpha value is -2.53. The van der Waals surface area contributed by atoms with Crippen LogP contribution in [0.25, 0.3) is 0 Å².